The number of hydrogen-bond donors (Lipinski definition) is 1. The van der Waals surface area contributed by atoms with Gasteiger partial charge >= 0.3 is 5.97 Å². The second kappa shape index (κ2) is 13.0. The summed E-state index contributed by atoms with van der Waals surface area (Å²) in [6.45, 7) is 6.36. The number of esters is 1. The molecule has 0 fully saturated rings. The molecule has 0 saturated heterocycles. The summed E-state index contributed by atoms with van der Waals surface area (Å²) in [5.74, 6) is -2.19. The number of nitrogens with zero attached hydrogens (tertiary/aromatic N) is 1. The zero-order valence-electron chi connectivity index (χ0n) is 22.5. The van der Waals surface area contributed by atoms with Gasteiger partial charge in [0.25, 0.3) is 0 Å². The fourth-order valence-corrected chi connectivity index (χ4v) is 9.08. The van der Waals surface area contributed by atoms with Gasteiger partial charge in [-0.05, 0) is 83.6 Å². The van der Waals surface area contributed by atoms with Crippen LogP contribution in [-0.2, 0) is 14.3 Å². The summed E-state index contributed by atoms with van der Waals surface area (Å²) in [5, 5.41) is 4.12. The van der Waals surface area contributed by atoms with Gasteiger partial charge in [0.1, 0.15) is 34.7 Å². The van der Waals surface area contributed by atoms with E-state index in [4.69, 9.17) is 10.5 Å². The van der Waals surface area contributed by atoms with Crippen molar-refractivity contribution in [1.29, 1.82) is 0 Å². The fraction of sp³-hybridized carbons (Fsp3) is 0.355. The van der Waals surface area contributed by atoms with Gasteiger partial charge in [0.15, 0.2) is 0 Å². The first kappa shape index (κ1) is 28.6. The van der Waals surface area contributed by atoms with Crippen molar-refractivity contribution in [3.05, 3.63) is 91.0 Å². The monoisotopic (exact) mass is 519 g/mol. The average molecular weight is 520 g/mol. The van der Waals surface area contributed by atoms with Gasteiger partial charge in [-0.15, -0.1) is 0 Å². The number of unbranched alkanes of at least 4 members (excludes halogenated alkanes) is 1. The van der Waals surface area contributed by atoms with E-state index in [9.17, 15) is 9.59 Å². The van der Waals surface area contributed by atoms with E-state index in [1.165, 1.54) is 15.9 Å². The Morgan fingerprint density at radius 3 is 1.62 bits per heavy atom. The van der Waals surface area contributed by atoms with E-state index in [2.05, 4.69) is 91.0 Å². The molecule has 0 aliphatic heterocycles. The van der Waals surface area contributed by atoms with Crippen molar-refractivity contribution in [3.63, 3.8) is 0 Å². The number of carbonyl (C=O) groups excluding carboxylic acids is 2. The van der Waals surface area contributed by atoms with Gasteiger partial charge in [-0.2, -0.15) is 0 Å². The maximum atomic E-state index is 12.5. The molecule has 3 aromatic rings. The van der Waals surface area contributed by atoms with Gasteiger partial charge < -0.3 is 15.4 Å². The van der Waals surface area contributed by atoms with Gasteiger partial charge in [0.2, 0.25) is 5.91 Å². The van der Waals surface area contributed by atoms with Gasteiger partial charge in [-0.1, -0.05) is 54.6 Å². The lowest BCUT2D eigenvalue weighted by molar-refractivity contribution is -0.162. The van der Waals surface area contributed by atoms with Gasteiger partial charge in [0.05, 0.1) is 6.16 Å². The van der Waals surface area contributed by atoms with E-state index < -0.39 is 30.7 Å². The minimum atomic E-state index is -1.86. The number of carbonyl (C=O) groups is 2. The van der Waals surface area contributed by atoms with E-state index in [-0.39, 0.29) is 6.54 Å². The second-order valence-electron chi connectivity index (χ2n) is 10.5. The molecule has 5 nitrogen and oxygen atoms in total. The largest absolute Gasteiger partial charge is 0.459 e. The number of rotatable bonds is 12. The molecule has 0 radical (unpaired) electrons. The van der Waals surface area contributed by atoms with Crippen LogP contribution in [0.5, 0.6) is 0 Å². The Morgan fingerprint density at radius 2 is 1.24 bits per heavy atom. The molecule has 0 aromatic heterocycles. The smallest absolute Gasteiger partial charge is 0.320 e. The summed E-state index contributed by atoms with van der Waals surface area (Å²) in [6, 6.07) is 32.6. The van der Waals surface area contributed by atoms with Crippen molar-refractivity contribution in [2.45, 2.75) is 39.2 Å². The Kier molecular flexibility index (Phi) is 10.0. The highest BCUT2D eigenvalue weighted by atomic mass is 31.2. The Bertz CT molecular complexity index is 1030. The van der Waals surface area contributed by atoms with Crippen LogP contribution < -0.4 is 21.6 Å². The molecule has 0 heterocycles. The van der Waals surface area contributed by atoms with E-state index in [1.54, 1.807) is 20.8 Å². The number of hydrogen-bond acceptors (Lipinski definition) is 4. The summed E-state index contributed by atoms with van der Waals surface area (Å²) >= 11 is 0. The molecular formula is C31H40N2O3P+. The van der Waals surface area contributed by atoms with E-state index >= 15 is 0 Å². The molecule has 0 aliphatic carbocycles. The highest BCUT2D eigenvalue weighted by molar-refractivity contribution is 7.95. The molecular weight excluding hydrogens is 479 g/mol. The third-order valence-corrected chi connectivity index (χ3v) is 10.9. The van der Waals surface area contributed by atoms with E-state index in [1.807, 2.05) is 11.9 Å². The standard InChI is InChI=1S/C31H39N2O3P/c1-31(2,3)36-30(35)28(29(32)34)24-33(4)22-14-15-23-37(25-16-8-5-9-17-25,26-18-10-6-11-19-26)27-20-12-7-13-21-27/h5-13,16-21,28H,14-15,22-24H2,1-4H3,(H-,32,34)/p+1. The SMILES string of the molecule is CN(CCCC[P+](c1ccccc1)(c1ccccc1)c1ccccc1)CC(C(N)=O)C(=O)OC(C)(C)C. The van der Waals surface area contributed by atoms with Crippen molar-refractivity contribution in [2.24, 2.45) is 11.7 Å². The molecule has 2 N–H and O–H groups in total. The first-order valence-electron chi connectivity index (χ1n) is 12.9. The van der Waals surface area contributed by atoms with Crippen molar-refractivity contribution >= 4 is 35.1 Å². The molecule has 6 heteroatoms. The Morgan fingerprint density at radius 1 is 0.811 bits per heavy atom. The predicted molar refractivity (Wildman–Crippen MR) is 155 cm³/mol. The first-order valence-corrected chi connectivity index (χ1v) is 14.9. The molecule has 1 amide bonds. The number of benzene rings is 3. The topological polar surface area (TPSA) is 72.6 Å². The van der Waals surface area contributed by atoms with Gasteiger partial charge in [0, 0.05) is 6.54 Å². The molecule has 3 rings (SSSR count). The van der Waals surface area contributed by atoms with Crippen LogP contribution in [0.1, 0.15) is 33.6 Å². The summed E-state index contributed by atoms with van der Waals surface area (Å²) in [5.41, 5.74) is 4.88. The molecule has 3 aromatic carbocycles. The highest BCUT2D eigenvalue weighted by Crippen LogP contribution is 2.55. The molecule has 0 aliphatic rings. The van der Waals surface area contributed by atoms with Crippen LogP contribution in [0.4, 0.5) is 0 Å². The van der Waals surface area contributed by atoms with Crippen molar-refractivity contribution in [3.8, 4) is 0 Å². The van der Waals surface area contributed by atoms with Gasteiger partial charge in [-0.25, -0.2) is 0 Å². The lowest BCUT2D eigenvalue weighted by Gasteiger charge is -2.28. The van der Waals surface area contributed by atoms with Crippen molar-refractivity contribution in [2.75, 3.05) is 26.3 Å². The first-order chi connectivity index (χ1) is 17.6. The Balaban J connectivity index is 1.76. The van der Waals surface area contributed by atoms with Gasteiger partial charge in [-0.3, -0.25) is 9.59 Å². The second-order valence-corrected chi connectivity index (χ2v) is 14.1. The summed E-state index contributed by atoms with van der Waals surface area (Å²) in [7, 11) is 0.0625. The predicted octanol–water partition coefficient (Wildman–Crippen LogP) is 4.14. The maximum absolute atomic E-state index is 12.5. The zero-order chi connectivity index (χ0) is 26.9. The fourth-order valence-electron chi connectivity index (χ4n) is 4.67. The minimum absolute atomic E-state index is 0.251. The van der Waals surface area contributed by atoms with Crippen molar-refractivity contribution in [1.82, 2.24) is 4.90 Å². The lowest BCUT2D eigenvalue weighted by Crippen LogP contribution is -2.42. The van der Waals surface area contributed by atoms with Crippen LogP contribution in [0.3, 0.4) is 0 Å². The molecule has 1 unspecified atom stereocenters. The minimum Gasteiger partial charge on any atom is -0.459 e. The molecule has 1 atom stereocenters. The third kappa shape index (κ3) is 7.74. The van der Waals surface area contributed by atoms with E-state index in [0.717, 1.165) is 25.5 Å². The molecule has 196 valence electrons. The number of nitrogens with two attached hydrogens (primary N) is 1. The van der Waals surface area contributed by atoms with Crippen LogP contribution in [0.25, 0.3) is 0 Å². The summed E-state index contributed by atoms with van der Waals surface area (Å²) in [4.78, 5) is 26.5. The van der Waals surface area contributed by atoms with Crippen molar-refractivity contribution < 1.29 is 14.3 Å². The quantitative estimate of drug-likeness (QED) is 0.169. The molecule has 0 spiro atoms. The number of ether oxygens (including phenoxy) is 1. The van der Waals surface area contributed by atoms with Crippen LogP contribution in [-0.4, -0.2) is 48.7 Å². The maximum Gasteiger partial charge on any atom is 0.320 e. The summed E-state index contributed by atoms with van der Waals surface area (Å²) in [6.07, 6.45) is 2.97. The lowest BCUT2D eigenvalue weighted by atomic mass is 10.1. The molecule has 0 bridgehead atoms. The number of primary amides is 1. The summed E-state index contributed by atoms with van der Waals surface area (Å²) < 4.78 is 5.42. The normalized spacial score (nSPS) is 12.8. The van der Waals surface area contributed by atoms with Crippen LogP contribution in [0.15, 0.2) is 91.0 Å². The molecule has 0 saturated carbocycles. The third-order valence-electron chi connectivity index (χ3n) is 6.40. The number of amides is 1. The Labute approximate surface area is 222 Å². The average Bonchev–Trinajstić information content (AvgIpc) is 2.88. The molecule has 37 heavy (non-hydrogen) atoms. The van der Waals surface area contributed by atoms with Crippen LogP contribution in [0.2, 0.25) is 0 Å². The van der Waals surface area contributed by atoms with Crippen LogP contribution in [0, 0.1) is 5.92 Å². The van der Waals surface area contributed by atoms with E-state index in [0.29, 0.717) is 0 Å². The highest BCUT2D eigenvalue weighted by Gasteiger charge is 2.44. The zero-order valence-corrected chi connectivity index (χ0v) is 23.4. The Hall–Kier alpha value is -3.01. The van der Waals surface area contributed by atoms with Crippen LogP contribution >= 0.6 is 7.26 Å².